The number of rotatable bonds is 11. The first-order valence-corrected chi connectivity index (χ1v) is 10.6. The minimum Gasteiger partial charge on any atom is -0.170 e. The molecule has 18 heteroatoms. The quantitative estimate of drug-likeness (QED) is 0.166. The van der Waals surface area contributed by atoms with Gasteiger partial charge in [-0.05, 0) is 6.42 Å². The zero-order valence-corrected chi connectivity index (χ0v) is 18.7. The summed E-state index contributed by atoms with van der Waals surface area (Å²) in [5.74, 6) is -18.8. The van der Waals surface area contributed by atoms with Crippen molar-refractivity contribution in [2.45, 2.75) is 95.3 Å². The number of halogens is 18. The Morgan fingerprint density at radius 1 is 0.351 bits per heavy atom. The molecule has 0 bridgehead atoms. The van der Waals surface area contributed by atoms with Crippen molar-refractivity contribution in [1.29, 1.82) is 0 Å². The van der Waals surface area contributed by atoms with Crippen LogP contribution in [0.3, 0.4) is 0 Å². The number of hydrogen-bond donors (Lipinski definition) is 0. The largest absolute Gasteiger partial charge is 0.401 e. The molecule has 224 valence electrons. The highest BCUT2D eigenvalue weighted by Gasteiger charge is 2.84. The summed E-state index contributed by atoms with van der Waals surface area (Å²) in [6.07, 6.45) is -48.7. The first-order chi connectivity index (χ1) is 16.2. The van der Waals surface area contributed by atoms with Gasteiger partial charge in [-0.3, -0.25) is 0 Å². The molecule has 0 amide bonds. The Hall–Kier alpha value is -1.26. The summed E-state index contributed by atoms with van der Waals surface area (Å²) in [6.45, 7) is 1.69. The Morgan fingerprint density at radius 3 is 0.784 bits per heavy atom. The van der Waals surface area contributed by atoms with Crippen LogP contribution < -0.4 is 0 Å². The van der Waals surface area contributed by atoms with Crippen LogP contribution in [-0.2, 0) is 0 Å². The molecule has 0 aromatic carbocycles. The van der Waals surface area contributed by atoms with Crippen LogP contribution in [0.4, 0.5) is 79.0 Å². The van der Waals surface area contributed by atoms with Gasteiger partial charge >= 0.3 is 37.1 Å². The van der Waals surface area contributed by atoms with E-state index < -0.39 is 79.5 Å². The van der Waals surface area contributed by atoms with Crippen LogP contribution in [0.1, 0.15) is 58.3 Å². The zero-order valence-electron chi connectivity index (χ0n) is 18.7. The molecule has 0 fully saturated rings. The van der Waals surface area contributed by atoms with E-state index in [0.29, 0.717) is 19.3 Å². The van der Waals surface area contributed by atoms with Gasteiger partial charge in [0, 0.05) is 5.41 Å². The van der Waals surface area contributed by atoms with Crippen molar-refractivity contribution in [3.63, 3.8) is 0 Å². The predicted octanol–water partition coefficient (Wildman–Crippen LogP) is 10.3. The van der Waals surface area contributed by atoms with Gasteiger partial charge in [0.05, 0.1) is 0 Å². The highest BCUT2D eigenvalue weighted by Crippen LogP contribution is 2.69. The van der Waals surface area contributed by atoms with Gasteiger partial charge in [-0.1, -0.05) is 51.9 Å². The Bertz CT molecular complexity index is 551. The average molecular weight is 592 g/mol. The maximum absolute atomic E-state index is 13.5. The Labute approximate surface area is 198 Å². The van der Waals surface area contributed by atoms with E-state index in [1.165, 1.54) is 0 Å². The van der Waals surface area contributed by atoms with Gasteiger partial charge in [-0.2, -0.15) is 79.0 Å². The molecule has 0 aliphatic carbocycles. The molecular weight excluding hydrogens is 570 g/mol. The summed E-state index contributed by atoms with van der Waals surface area (Å²) in [6, 6.07) is 0. The standard InChI is InChI=1S/C19H22F18/c1-2-3-4-5-6-7-8-9-13(10(14(20,21)22)15(23,24)25,11(16(26,27)28)17(29,30)31)12(18(32,33)34)19(35,36)37/h10-12H,2-9H2,1H3. The monoisotopic (exact) mass is 592 g/mol. The van der Waals surface area contributed by atoms with E-state index in [9.17, 15) is 79.0 Å². The maximum atomic E-state index is 13.5. The van der Waals surface area contributed by atoms with Gasteiger partial charge in [0.15, 0.2) is 17.8 Å². The highest BCUT2D eigenvalue weighted by atomic mass is 19.4. The molecule has 0 radical (unpaired) electrons. The van der Waals surface area contributed by atoms with Crippen molar-refractivity contribution in [3.05, 3.63) is 0 Å². The van der Waals surface area contributed by atoms with Crippen LogP contribution in [0.15, 0.2) is 0 Å². The zero-order chi connectivity index (χ0) is 29.9. The second-order valence-corrected chi connectivity index (χ2v) is 8.53. The molecule has 0 spiro atoms. The molecule has 37 heavy (non-hydrogen) atoms. The van der Waals surface area contributed by atoms with E-state index >= 15 is 0 Å². The van der Waals surface area contributed by atoms with Gasteiger partial charge in [-0.25, -0.2) is 0 Å². The first-order valence-electron chi connectivity index (χ1n) is 10.6. The molecule has 0 saturated carbocycles. The van der Waals surface area contributed by atoms with Crippen LogP contribution in [0.25, 0.3) is 0 Å². The minimum absolute atomic E-state index is 0.0761. The minimum atomic E-state index is -7.41. The fourth-order valence-corrected chi connectivity index (χ4v) is 4.71. The van der Waals surface area contributed by atoms with Crippen molar-refractivity contribution in [3.8, 4) is 0 Å². The lowest BCUT2D eigenvalue weighted by Crippen LogP contribution is -2.67. The summed E-state index contributed by atoms with van der Waals surface area (Å²) >= 11 is 0. The van der Waals surface area contributed by atoms with Crippen LogP contribution in [0.2, 0.25) is 0 Å². The second kappa shape index (κ2) is 11.9. The molecule has 0 saturated heterocycles. The van der Waals surface area contributed by atoms with Crippen molar-refractivity contribution >= 4 is 0 Å². The van der Waals surface area contributed by atoms with Gasteiger partial charge in [-0.15, -0.1) is 0 Å². The third kappa shape index (κ3) is 9.46. The van der Waals surface area contributed by atoms with Crippen molar-refractivity contribution in [1.82, 2.24) is 0 Å². The lowest BCUT2D eigenvalue weighted by atomic mass is 9.55. The molecule has 0 atom stereocenters. The van der Waals surface area contributed by atoms with Gasteiger partial charge in [0.1, 0.15) is 0 Å². The normalized spacial score (nSPS) is 15.4. The summed E-state index contributed by atoms with van der Waals surface area (Å²) in [5.41, 5.74) is -6.55. The van der Waals surface area contributed by atoms with E-state index in [1.807, 2.05) is 0 Å². The Kier molecular flexibility index (Phi) is 11.5. The molecule has 0 aromatic rings. The fraction of sp³-hybridized carbons (Fsp3) is 1.00. The van der Waals surface area contributed by atoms with E-state index in [4.69, 9.17) is 0 Å². The van der Waals surface area contributed by atoms with Gasteiger partial charge in [0.2, 0.25) is 0 Å². The molecule has 0 unspecified atom stereocenters. The fourth-order valence-electron chi connectivity index (χ4n) is 4.71. The smallest absolute Gasteiger partial charge is 0.170 e. The maximum Gasteiger partial charge on any atom is 0.401 e. The lowest BCUT2D eigenvalue weighted by Gasteiger charge is -2.52. The van der Waals surface area contributed by atoms with Gasteiger partial charge < -0.3 is 0 Å². The molecular formula is C19H22F18. The number of alkyl halides is 18. The molecule has 0 aromatic heterocycles. The van der Waals surface area contributed by atoms with E-state index in [2.05, 4.69) is 0 Å². The van der Waals surface area contributed by atoms with E-state index in [0.717, 1.165) is 0 Å². The Morgan fingerprint density at radius 2 is 0.568 bits per heavy atom. The third-order valence-electron chi connectivity index (χ3n) is 5.79. The summed E-state index contributed by atoms with van der Waals surface area (Å²) in [4.78, 5) is 0. The van der Waals surface area contributed by atoms with Crippen LogP contribution in [0.5, 0.6) is 0 Å². The van der Waals surface area contributed by atoms with E-state index in [-0.39, 0.29) is 12.8 Å². The van der Waals surface area contributed by atoms with Crippen LogP contribution in [-0.4, -0.2) is 37.1 Å². The van der Waals surface area contributed by atoms with Crippen molar-refractivity contribution < 1.29 is 79.0 Å². The molecule has 0 heterocycles. The molecule has 0 aliphatic rings. The Balaban J connectivity index is 7.60. The summed E-state index contributed by atoms with van der Waals surface area (Å²) < 4.78 is 243. The highest BCUT2D eigenvalue weighted by molar-refractivity contribution is 5.09. The van der Waals surface area contributed by atoms with Crippen LogP contribution in [0, 0.1) is 23.2 Å². The second-order valence-electron chi connectivity index (χ2n) is 8.53. The summed E-state index contributed by atoms with van der Waals surface area (Å²) in [7, 11) is 0. The molecule has 0 rings (SSSR count). The first kappa shape index (κ1) is 35.7. The molecule has 0 nitrogen and oxygen atoms in total. The summed E-state index contributed by atoms with van der Waals surface area (Å²) in [5, 5.41) is 0. The third-order valence-corrected chi connectivity index (χ3v) is 5.79. The van der Waals surface area contributed by atoms with Crippen molar-refractivity contribution in [2.75, 3.05) is 0 Å². The number of unbranched alkanes of at least 4 members (excludes halogenated alkanes) is 6. The topological polar surface area (TPSA) is 0 Å². The molecule has 0 aliphatic heterocycles. The predicted molar refractivity (Wildman–Crippen MR) is 91.8 cm³/mol. The number of hydrogen-bond acceptors (Lipinski definition) is 0. The van der Waals surface area contributed by atoms with Crippen LogP contribution >= 0.6 is 0 Å². The molecule has 0 N–H and O–H groups in total. The van der Waals surface area contributed by atoms with E-state index in [1.54, 1.807) is 6.92 Å². The van der Waals surface area contributed by atoms with Crippen molar-refractivity contribution in [2.24, 2.45) is 23.2 Å². The SMILES string of the molecule is CCCCCCCCCC(C(C(F)(F)F)C(F)(F)F)(C(C(F)(F)F)C(F)(F)F)C(C(F)(F)F)C(F)(F)F. The van der Waals surface area contributed by atoms with Gasteiger partial charge in [0.25, 0.3) is 0 Å². The lowest BCUT2D eigenvalue weighted by molar-refractivity contribution is -0.426. The average Bonchev–Trinajstić information content (AvgIpc) is 2.52.